The molecule has 0 bridgehead atoms. The van der Waals surface area contributed by atoms with E-state index in [0.29, 0.717) is 18.5 Å². The van der Waals surface area contributed by atoms with Crippen molar-refractivity contribution in [2.24, 2.45) is 0 Å². The first kappa shape index (κ1) is 13.8. The number of aryl methyl sites for hydroxylation is 2. The molecule has 1 N–H and O–H groups in total. The molecule has 21 heavy (non-hydrogen) atoms. The van der Waals surface area contributed by atoms with Gasteiger partial charge in [0.05, 0.1) is 12.1 Å². The highest BCUT2D eigenvalue weighted by atomic mass is 16.5. The number of pyridine rings is 1. The maximum absolute atomic E-state index is 12.5. The summed E-state index contributed by atoms with van der Waals surface area (Å²) in [7, 11) is 1.57. The number of rotatable bonds is 4. The first-order chi connectivity index (χ1) is 10.2. The van der Waals surface area contributed by atoms with Crippen molar-refractivity contribution in [2.45, 2.75) is 19.4 Å². The molecule has 1 aliphatic heterocycles. The predicted octanol–water partition coefficient (Wildman–Crippen LogP) is 1.32. The summed E-state index contributed by atoms with van der Waals surface area (Å²) in [5, 5.41) is 3.34. The predicted molar refractivity (Wildman–Crippen MR) is 80.7 cm³/mol. The average molecular weight is 286 g/mol. The molecule has 2 heterocycles. The molecule has 1 amide bonds. The summed E-state index contributed by atoms with van der Waals surface area (Å²) in [4.78, 5) is 24.7. The van der Waals surface area contributed by atoms with Crippen LogP contribution in [0.4, 0.5) is 0 Å². The van der Waals surface area contributed by atoms with Crippen LogP contribution in [0.25, 0.3) is 10.9 Å². The van der Waals surface area contributed by atoms with E-state index in [1.165, 1.54) is 5.56 Å². The van der Waals surface area contributed by atoms with E-state index in [-0.39, 0.29) is 16.9 Å². The molecule has 5 nitrogen and oxygen atoms in total. The highest BCUT2D eigenvalue weighted by Gasteiger charge is 2.18. The van der Waals surface area contributed by atoms with Crippen LogP contribution < -0.4 is 10.7 Å². The van der Waals surface area contributed by atoms with Crippen molar-refractivity contribution in [3.05, 3.63) is 45.7 Å². The van der Waals surface area contributed by atoms with Crippen molar-refractivity contribution in [3.63, 3.8) is 0 Å². The van der Waals surface area contributed by atoms with E-state index in [1.54, 1.807) is 19.4 Å². The molecular formula is C16H18N2O3. The fraction of sp³-hybridized carbons (Fsp3) is 0.375. The van der Waals surface area contributed by atoms with Crippen LogP contribution in [0.1, 0.15) is 22.3 Å². The Balaban J connectivity index is 2.07. The SMILES string of the molecule is COCCNC(=O)c1cn2c3c(cccc3c1=O)CCC2. The minimum absolute atomic E-state index is 0.195. The van der Waals surface area contributed by atoms with Crippen LogP contribution in [0.3, 0.4) is 0 Å². The van der Waals surface area contributed by atoms with E-state index < -0.39 is 0 Å². The van der Waals surface area contributed by atoms with Gasteiger partial charge in [-0.1, -0.05) is 12.1 Å². The highest BCUT2D eigenvalue weighted by Crippen LogP contribution is 2.23. The summed E-state index contributed by atoms with van der Waals surface area (Å²) < 4.78 is 6.93. The molecule has 3 rings (SSSR count). The molecule has 0 radical (unpaired) electrons. The van der Waals surface area contributed by atoms with Crippen LogP contribution in [-0.4, -0.2) is 30.7 Å². The third-order valence-corrected chi connectivity index (χ3v) is 3.86. The first-order valence-electron chi connectivity index (χ1n) is 7.14. The van der Waals surface area contributed by atoms with Gasteiger partial charge < -0.3 is 14.6 Å². The van der Waals surface area contributed by atoms with Crippen LogP contribution in [-0.2, 0) is 17.7 Å². The lowest BCUT2D eigenvalue weighted by Gasteiger charge is -2.20. The number of nitrogens with zero attached hydrogens (tertiary/aromatic N) is 1. The standard InChI is InChI=1S/C16H18N2O3/c1-21-9-7-17-16(20)13-10-18-8-3-5-11-4-2-6-12(14(11)18)15(13)19/h2,4,6,10H,3,5,7-9H2,1H3,(H,17,20). The number of carbonyl (C=O) groups excluding carboxylic acids is 1. The van der Waals surface area contributed by atoms with Crippen LogP contribution in [0, 0.1) is 0 Å². The van der Waals surface area contributed by atoms with Gasteiger partial charge in [0, 0.05) is 31.8 Å². The number of amides is 1. The van der Waals surface area contributed by atoms with Gasteiger partial charge in [-0.15, -0.1) is 0 Å². The summed E-state index contributed by atoms with van der Waals surface area (Å²) in [6, 6.07) is 5.74. The summed E-state index contributed by atoms with van der Waals surface area (Å²) >= 11 is 0. The van der Waals surface area contributed by atoms with Gasteiger partial charge in [-0.25, -0.2) is 0 Å². The molecule has 0 fully saturated rings. The number of aromatic nitrogens is 1. The third kappa shape index (κ3) is 2.45. The number of hydrogen-bond acceptors (Lipinski definition) is 3. The molecule has 2 aromatic rings. The van der Waals surface area contributed by atoms with Crippen molar-refractivity contribution in [1.29, 1.82) is 0 Å². The Bertz CT molecular complexity index is 749. The molecule has 1 aromatic carbocycles. The van der Waals surface area contributed by atoms with Crippen molar-refractivity contribution < 1.29 is 9.53 Å². The average Bonchev–Trinajstić information content (AvgIpc) is 2.51. The van der Waals surface area contributed by atoms with Crippen LogP contribution in [0.5, 0.6) is 0 Å². The quantitative estimate of drug-likeness (QED) is 0.862. The molecule has 0 spiro atoms. The molecule has 110 valence electrons. The maximum Gasteiger partial charge on any atom is 0.256 e. The van der Waals surface area contributed by atoms with Gasteiger partial charge >= 0.3 is 0 Å². The lowest BCUT2D eigenvalue weighted by atomic mass is 10.00. The van der Waals surface area contributed by atoms with Gasteiger partial charge in [-0.3, -0.25) is 9.59 Å². The Kier molecular flexibility index (Phi) is 3.75. The second kappa shape index (κ2) is 5.69. The molecular weight excluding hydrogens is 268 g/mol. The Labute approximate surface area is 122 Å². The van der Waals surface area contributed by atoms with E-state index in [1.807, 2.05) is 10.6 Å². The fourth-order valence-corrected chi connectivity index (χ4v) is 2.88. The van der Waals surface area contributed by atoms with E-state index in [2.05, 4.69) is 11.4 Å². The Morgan fingerprint density at radius 3 is 3.10 bits per heavy atom. The van der Waals surface area contributed by atoms with Gasteiger partial charge in [-0.2, -0.15) is 0 Å². The molecule has 0 aliphatic carbocycles. The van der Waals surface area contributed by atoms with Crippen molar-refractivity contribution in [2.75, 3.05) is 20.3 Å². The van der Waals surface area contributed by atoms with Gasteiger partial charge in [0.1, 0.15) is 5.56 Å². The molecule has 0 saturated heterocycles. The normalized spacial score (nSPS) is 13.4. The number of para-hydroxylation sites is 1. The van der Waals surface area contributed by atoms with E-state index in [4.69, 9.17) is 4.74 Å². The zero-order chi connectivity index (χ0) is 14.8. The maximum atomic E-state index is 12.5. The summed E-state index contributed by atoms with van der Waals surface area (Å²) in [5.41, 5.74) is 2.17. The number of benzene rings is 1. The van der Waals surface area contributed by atoms with Crippen LogP contribution in [0.15, 0.2) is 29.2 Å². The lowest BCUT2D eigenvalue weighted by Crippen LogP contribution is -2.32. The number of nitrogens with one attached hydrogen (secondary N) is 1. The van der Waals surface area contributed by atoms with Crippen molar-refractivity contribution in [3.8, 4) is 0 Å². The van der Waals surface area contributed by atoms with E-state index in [9.17, 15) is 9.59 Å². The first-order valence-corrected chi connectivity index (χ1v) is 7.14. The van der Waals surface area contributed by atoms with E-state index >= 15 is 0 Å². The van der Waals surface area contributed by atoms with Gasteiger partial charge in [-0.05, 0) is 24.5 Å². The zero-order valence-electron chi connectivity index (χ0n) is 12.0. The van der Waals surface area contributed by atoms with Gasteiger partial charge in [0.2, 0.25) is 5.43 Å². The van der Waals surface area contributed by atoms with Crippen molar-refractivity contribution in [1.82, 2.24) is 9.88 Å². The minimum Gasteiger partial charge on any atom is -0.383 e. The Hall–Kier alpha value is -2.14. The topological polar surface area (TPSA) is 60.3 Å². The summed E-state index contributed by atoms with van der Waals surface area (Å²) in [6.07, 6.45) is 3.70. The molecule has 1 aromatic heterocycles. The highest BCUT2D eigenvalue weighted by molar-refractivity contribution is 5.97. The number of methoxy groups -OCH3 is 1. The number of carbonyl (C=O) groups is 1. The van der Waals surface area contributed by atoms with Crippen LogP contribution >= 0.6 is 0 Å². The number of ether oxygens (including phenoxy) is 1. The molecule has 0 atom stereocenters. The summed E-state index contributed by atoms with van der Waals surface area (Å²) in [6.45, 7) is 1.66. The van der Waals surface area contributed by atoms with E-state index in [0.717, 1.165) is 24.9 Å². The third-order valence-electron chi connectivity index (χ3n) is 3.86. The largest absolute Gasteiger partial charge is 0.383 e. The summed E-state index contributed by atoms with van der Waals surface area (Å²) in [5.74, 6) is -0.335. The molecule has 0 saturated carbocycles. The smallest absolute Gasteiger partial charge is 0.256 e. The molecule has 5 heteroatoms. The zero-order valence-corrected chi connectivity index (χ0v) is 12.0. The lowest BCUT2D eigenvalue weighted by molar-refractivity contribution is 0.0935. The molecule has 0 unspecified atom stereocenters. The Morgan fingerprint density at radius 1 is 1.43 bits per heavy atom. The number of hydrogen-bond donors (Lipinski definition) is 1. The van der Waals surface area contributed by atoms with Gasteiger partial charge in [0.25, 0.3) is 5.91 Å². The Morgan fingerprint density at radius 2 is 2.29 bits per heavy atom. The fourth-order valence-electron chi connectivity index (χ4n) is 2.88. The monoisotopic (exact) mass is 286 g/mol. The second-order valence-electron chi connectivity index (χ2n) is 5.23. The minimum atomic E-state index is -0.335. The van der Waals surface area contributed by atoms with Crippen molar-refractivity contribution >= 4 is 16.8 Å². The van der Waals surface area contributed by atoms with Gasteiger partial charge in [0.15, 0.2) is 0 Å². The molecule has 1 aliphatic rings. The van der Waals surface area contributed by atoms with Crippen LogP contribution in [0.2, 0.25) is 0 Å². The second-order valence-corrected chi connectivity index (χ2v) is 5.23.